The van der Waals surface area contributed by atoms with Gasteiger partial charge in [-0.2, -0.15) is 0 Å². The summed E-state index contributed by atoms with van der Waals surface area (Å²) in [5, 5.41) is 6.39. The van der Waals surface area contributed by atoms with Crippen LogP contribution in [0.4, 0.5) is 5.69 Å². The van der Waals surface area contributed by atoms with Crippen LogP contribution < -0.4 is 10.6 Å². The predicted molar refractivity (Wildman–Crippen MR) is 103 cm³/mol. The van der Waals surface area contributed by atoms with Gasteiger partial charge in [0.15, 0.2) is 0 Å². The van der Waals surface area contributed by atoms with Crippen LogP contribution in [-0.2, 0) is 11.2 Å². The van der Waals surface area contributed by atoms with Crippen LogP contribution in [0.3, 0.4) is 0 Å². The van der Waals surface area contributed by atoms with Gasteiger partial charge in [-0.3, -0.25) is 14.7 Å². The summed E-state index contributed by atoms with van der Waals surface area (Å²) < 4.78 is 0. The zero-order valence-corrected chi connectivity index (χ0v) is 15.3. The smallest absolute Gasteiger partial charge is 0.238 e. The highest BCUT2D eigenvalue weighted by Gasteiger charge is 2.25. The molecule has 1 aliphatic rings. The van der Waals surface area contributed by atoms with E-state index in [2.05, 4.69) is 45.6 Å². The van der Waals surface area contributed by atoms with Gasteiger partial charge in [0.2, 0.25) is 5.91 Å². The predicted octanol–water partition coefficient (Wildman–Crippen LogP) is 2.65. The Morgan fingerprint density at radius 1 is 1.32 bits per heavy atom. The molecule has 0 bridgehead atoms. The molecule has 2 aromatic rings. The van der Waals surface area contributed by atoms with E-state index >= 15 is 0 Å². The van der Waals surface area contributed by atoms with Crippen LogP contribution in [0.5, 0.6) is 0 Å². The van der Waals surface area contributed by atoms with Gasteiger partial charge in [0, 0.05) is 43.8 Å². The van der Waals surface area contributed by atoms with Gasteiger partial charge in [0.1, 0.15) is 0 Å². The number of carbonyl (C=O) groups is 1. The van der Waals surface area contributed by atoms with Crippen molar-refractivity contribution in [3.8, 4) is 0 Å². The minimum absolute atomic E-state index is 0. The minimum atomic E-state index is 0. The molecule has 25 heavy (non-hydrogen) atoms. The zero-order valence-electron chi connectivity index (χ0n) is 14.4. The van der Waals surface area contributed by atoms with E-state index in [1.54, 1.807) is 6.20 Å². The topological polar surface area (TPSA) is 57.3 Å². The van der Waals surface area contributed by atoms with Gasteiger partial charge in [-0.15, -0.1) is 12.4 Å². The quantitative estimate of drug-likeness (QED) is 0.860. The highest BCUT2D eigenvalue weighted by molar-refractivity contribution is 5.92. The lowest BCUT2D eigenvalue weighted by atomic mass is 10.1. The first-order valence-electron chi connectivity index (χ1n) is 8.49. The third-order valence-electron chi connectivity index (χ3n) is 4.42. The van der Waals surface area contributed by atoms with Gasteiger partial charge in [-0.25, -0.2) is 0 Å². The van der Waals surface area contributed by atoms with Gasteiger partial charge < -0.3 is 10.6 Å². The van der Waals surface area contributed by atoms with Crippen LogP contribution in [0.2, 0.25) is 0 Å². The average Bonchev–Trinajstić information content (AvgIpc) is 2.63. The number of aromatic nitrogens is 1. The molecule has 3 rings (SSSR count). The normalized spacial score (nSPS) is 17.6. The van der Waals surface area contributed by atoms with E-state index in [0.717, 1.165) is 37.3 Å². The third-order valence-corrected chi connectivity index (χ3v) is 4.42. The molecule has 1 unspecified atom stereocenters. The van der Waals surface area contributed by atoms with Crippen molar-refractivity contribution in [2.45, 2.75) is 19.4 Å². The fourth-order valence-electron chi connectivity index (χ4n) is 3.05. The fraction of sp³-hybridized carbons (Fsp3) is 0.368. The first kappa shape index (κ1) is 19.4. The minimum Gasteiger partial charge on any atom is -0.325 e. The number of carbonyl (C=O) groups excluding carboxylic acids is 1. The molecule has 1 saturated heterocycles. The number of rotatable bonds is 5. The summed E-state index contributed by atoms with van der Waals surface area (Å²) in [6.45, 7) is 5.09. The van der Waals surface area contributed by atoms with E-state index in [0.29, 0.717) is 6.54 Å². The van der Waals surface area contributed by atoms with E-state index in [4.69, 9.17) is 0 Å². The first-order chi connectivity index (χ1) is 11.8. The summed E-state index contributed by atoms with van der Waals surface area (Å²) in [6, 6.07) is 12.2. The molecular formula is C19H25ClN4O. The number of amides is 1. The molecule has 0 saturated carbocycles. The number of nitrogens with one attached hydrogen (secondary N) is 2. The molecular weight excluding hydrogens is 336 g/mol. The summed E-state index contributed by atoms with van der Waals surface area (Å²) in [5.41, 5.74) is 3.27. The molecule has 1 aromatic carbocycles. The molecule has 1 aliphatic heterocycles. The molecule has 0 spiro atoms. The number of nitrogens with zero attached hydrogens (tertiary/aromatic N) is 2. The second-order valence-electron chi connectivity index (χ2n) is 6.08. The summed E-state index contributed by atoms with van der Waals surface area (Å²) in [7, 11) is 0. The Morgan fingerprint density at radius 2 is 2.12 bits per heavy atom. The van der Waals surface area contributed by atoms with E-state index < -0.39 is 0 Å². The Balaban J connectivity index is 0.00000225. The SMILES string of the molecule is CCc1ccc(NC(=O)CN2CCNCC2c2cccnc2)cc1.Cl. The number of piperazine rings is 1. The van der Waals surface area contributed by atoms with Gasteiger partial charge in [0.25, 0.3) is 0 Å². The number of halogens is 1. The van der Waals surface area contributed by atoms with Gasteiger partial charge in [0.05, 0.1) is 6.54 Å². The monoisotopic (exact) mass is 360 g/mol. The fourth-order valence-corrected chi connectivity index (χ4v) is 3.05. The number of benzene rings is 1. The van der Waals surface area contributed by atoms with Crippen LogP contribution >= 0.6 is 12.4 Å². The Bertz CT molecular complexity index is 663. The Hall–Kier alpha value is -1.95. The van der Waals surface area contributed by atoms with E-state index in [1.165, 1.54) is 5.56 Å². The van der Waals surface area contributed by atoms with Crippen LogP contribution in [-0.4, -0.2) is 42.0 Å². The Kier molecular flexibility index (Phi) is 7.37. The number of hydrogen-bond acceptors (Lipinski definition) is 4. The number of anilines is 1. The molecule has 0 radical (unpaired) electrons. The standard InChI is InChI=1S/C19H24N4O.ClH/c1-2-15-5-7-17(8-6-15)22-19(24)14-23-11-10-21-13-18(23)16-4-3-9-20-12-16;/h3-9,12,18,21H,2,10-11,13-14H2,1H3,(H,22,24);1H. The van der Waals surface area contributed by atoms with Crippen molar-refractivity contribution in [1.82, 2.24) is 15.2 Å². The Labute approximate surface area is 155 Å². The highest BCUT2D eigenvalue weighted by Crippen LogP contribution is 2.21. The van der Waals surface area contributed by atoms with Gasteiger partial charge in [-0.1, -0.05) is 25.1 Å². The molecule has 1 aromatic heterocycles. The molecule has 1 atom stereocenters. The van der Waals surface area contributed by atoms with Crippen molar-refractivity contribution in [2.75, 3.05) is 31.5 Å². The van der Waals surface area contributed by atoms with E-state index in [-0.39, 0.29) is 24.4 Å². The van der Waals surface area contributed by atoms with Crippen molar-refractivity contribution >= 4 is 24.0 Å². The maximum absolute atomic E-state index is 12.4. The lowest BCUT2D eigenvalue weighted by Gasteiger charge is -2.35. The maximum Gasteiger partial charge on any atom is 0.238 e. The molecule has 134 valence electrons. The number of pyridine rings is 1. The third kappa shape index (κ3) is 5.26. The molecule has 1 fully saturated rings. The first-order valence-corrected chi connectivity index (χ1v) is 8.49. The Morgan fingerprint density at radius 3 is 2.80 bits per heavy atom. The summed E-state index contributed by atoms with van der Waals surface area (Å²) in [6.07, 6.45) is 4.66. The molecule has 6 heteroatoms. The molecule has 2 heterocycles. The van der Waals surface area contributed by atoms with Crippen LogP contribution in [0.15, 0.2) is 48.8 Å². The van der Waals surface area contributed by atoms with Gasteiger partial charge >= 0.3 is 0 Å². The average molecular weight is 361 g/mol. The van der Waals surface area contributed by atoms with E-state index in [1.807, 2.05) is 24.4 Å². The lowest BCUT2D eigenvalue weighted by molar-refractivity contribution is -0.118. The van der Waals surface area contributed by atoms with Crippen molar-refractivity contribution in [3.05, 3.63) is 59.9 Å². The largest absolute Gasteiger partial charge is 0.325 e. The molecule has 2 N–H and O–H groups in total. The summed E-state index contributed by atoms with van der Waals surface area (Å²) in [4.78, 5) is 18.8. The maximum atomic E-state index is 12.4. The molecule has 5 nitrogen and oxygen atoms in total. The second kappa shape index (κ2) is 9.51. The molecule has 1 amide bonds. The van der Waals surface area contributed by atoms with Crippen molar-refractivity contribution in [3.63, 3.8) is 0 Å². The summed E-state index contributed by atoms with van der Waals surface area (Å²) in [5.74, 6) is 0.0232. The van der Waals surface area contributed by atoms with Gasteiger partial charge in [-0.05, 0) is 35.7 Å². The number of aryl methyl sites for hydroxylation is 1. The van der Waals surface area contributed by atoms with Crippen LogP contribution in [0, 0.1) is 0 Å². The van der Waals surface area contributed by atoms with Crippen molar-refractivity contribution in [2.24, 2.45) is 0 Å². The van der Waals surface area contributed by atoms with Crippen LogP contribution in [0.25, 0.3) is 0 Å². The van der Waals surface area contributed by atoms with Crippen molar-refractivity contribution < 1.29 is 4.79 Å². The summed E-state index contributed by atoms with van der Waals surface area (Å²) >= 11 is 0. The number of hydrogen-bond donors (Lipinski definition) is 2. The van der Waals surface area contributed by atoms with Crippen molar-refractivity contribution in [1.29, 1.82) is 0 Å². The lowest BCUT2D eigenvalue weighted by Crippen LogP contribution is -2.48. The second-order valence-corrected chi connectivity index (χ2v) is 6.08. The highest BCUT2D eigenvalue weighted by atomic mass is 35.5. The van der Waals surface area contributed by atoms with E-state index in [9.17, 15) is 4.79 Å². The zero-order chi connectivity index (χ0) is 16.8. The van der Waals surface area contributed by atoms with Crippen LogP contribution in [0.1, 0.15) is 24.1 Å². The molecule has 0 aliphatic carbocycles.